The molecule has 0 aromatic heterocycles. The molecule has 2 aliphatic heterocycles. The molecule has 17 heavy (non-hydrogen) atoms. The topological polar surface area (TPSA) is 78.9 Å². The Bertz CT molecular complexity index is 321. The van der Waals surface area contributed by atoms with E-state index in [-0.39, 0.29) is 31.2 Å². The predicted molar refractivity (Wildman–Crippen MR) is 59.6 cm³/mol. The molecule has 0 aromatic carbocycles. The summed E-state index contributed by atoms with van der Waals surface area (Å²) in [6.07, 6.45) is 2.23. The number of hydrogen-bond acceptors (Lipinski definition) is 4. The fourth-order valence-electron chi connectivity index (χ4n) is 2.41. The lowest BCUT2D eigenvalue weighted by atomic mass is 10.1. The average Bonchev–Trinajstić information content (AvgIpc) is 2.63. The predicted octanol–water partition coefficient (Wildman–Crippen LogP) is -0.561. The fraction of sp³-hybridized carbons (Fsp3) is 0.818. The minimum absolute atomic E-state index is 0.0535. The zero-order valence-corrected chi connectivity index (χ0v) is 9.89. The van der Waals surface area contributed by atoms with E-state index in [9.17, 15) is 9.59 Å². The Hall–Kier alpha value is -1.14. The number of ether oxygens (including phenoxy) is 1. The number of carbonyl (C=O) groups is 2. The van der Waals surface area contributed by atoms with Gasteiger partial charge in [-0.2, -0.15) is 0 Å². The number of carboxylic acid groups (broad SMARTS) is 1. The van der Waals surface area contributed by atoms with Crippen molar-refractivity contribution in [2.45, 2.75) is 38.0 Å². The van der Waals surface area contributed by atoms with Gasteiger partial charge in [-0.1, -0.05) is 0 Å². The van der Waals surface area contributed by atoms with Crippen molar-refractivity contribution in [3.05, 3.63) is 0 Å². The molecular formula is C11H18N2O4. The SMILES string of the molecule is CC1CCC(CN2CC(=O)NCC2C(=O)O)O1. The first-order valence-corrected chi connectivity index (χ1v) is 5.95. The second-order valence-corrected chi connectivity index (χ2v) is 4.73. The zero-order valence-electron chi connectivity index (χ0n) is 9.89. The summed E-state index contributed by atoms with van der Waals surface area (Å²) >= 11 is 0. The number of aliphatic carboxylic acids is 1. The van der Waals surface area contributed by atoms with Gasteiger partial charge in [0, 0.05) is 13.1 Å². The van der Waals surface area contributed by atoms with Crippen LogP contribution in [0.15, 0.2) is 0 Å². The van der Waals surface area contributed by atoms with Crippen LogP contribution in [0.25, 0.3) is 0 Å². The summed E-state index contributed by atoms with van der Waals surface area (Å²) in [6, 6.07) is -0.632. The highest BCUT2D eigenvalue weighted by molar-refractivity contribution is 5.83. The fourth-order valence-corrected chi connectivity index (χ4v) is 2.41. The third kappa shape index (κ3) is 2.95. The molecule has 2 aliphatic rings. The number of hydrogen-bond donors (Lipinski definition) is 2. The first-order chi connectivity index (χ1) is 8.06. The van der Waals surface area contributed by atoms with Crippen molar-refractivity contribution in [2.75, 3.05) is 19.6 Å². The Morgan fingerprint density at radius 2 is 2.35 bits per heavy atom. The van der Waals surface area contributed by atoms with Crippen LogP contribution in [0.2, 0.25) is 0 Å². The van der Waals surface area contributed by atoms with E-state index in [4.69, 9.17) is 9.84 Å². The van der Waals surface area contributed by atoms with Crippen LogP contribution in [0, 0.1) is 0 Å². The van der Waals surface area contributed by atoms with Gasteiger partial charge in [0.2, 0.25) is 5.91 Å². The minimum atomic E-state index is -0.893. The molecule has 96 valence electrons. The van der Waals surface area contributed by atoms with Gasteiger partial charge in [0.1, 0.15) is 6.04 Å². The lowest BCUT2D eigenvalue weighted by Crippen LogP contribution is -2.58. The molecule has 0 saturated carbocycles. The number of carbonyl (C=O) groups excluding carboxylic acids is 1. The highest BCUT2D eigenvalue weighted by atomic mass is 16.5. The van der Waals surface area contributed by atoms with Crippen molar-refractivity contribution in [3.8, 4) is 0 Å². The number of nitrogens with zero attached hydrogens (tertiary/aromatic N) is 1. The molecule has 6 heteroatoms. The molecule has 3 unspecified atom stereocenters. The standard InChI is InChI=1S/C11H18N2O4/c1-7-2-3-8(17-7)5-13-6-10(14)12-4-9(13)11(15)16/h7-9H,2-6H2,1H3,(H,12,14)(H,15,16). The van der Waals surface area contributed by atoms with Crippen molar-refractivity contribution < 1.29 is 19.4 Å². The molecule has 2 N–H and O–H groups in total. The Balaban J connectivity index is 1.95. The molecule has 2 saturated heterocycles. The van der Waals surface area contributed by atoms with E-state index in [0.717, 1.165) is 12.8 Å². The molecule has 6 nitrogen and oxygen atoms in total. The molecule has 0 spiro atoms. The van der Waals surface area contributed by atoms with Crippen LogP contribution in [-0.4, -0.2) is 59.8 Å². The summed E-state index contributed by atoms with van der Waals surface area (Å²) in [5.41, 5.74) is 0. The summed E-state index contributed by atoms with van der Waals surface area (Å²) in [5.74, 6) is -1.01. The van der Waals surface area contributed by atoms with Gasteiger partial charge in [-0.15, -0.1) is 0 Å². The number of piperazine rings is 1. The van der Waals surface area contributed by atoms with Gasteiger partial charge >= 0.3 is 5.97 Å². The maximum absolute atomic E-state index is 11.3. The Morgan fingerprint density at radius 3 is 2.94 bits per heavy atom. The van der Waals surface area contributed by atoms with Gasteiger partial charge in [-0.3, -0.25) is 14.5 Å². The van der Waals surface area contributed by atoms with Crippen molar-refractivity contribution in [2.24, 2.45) is 0 Å². The molecule has 1 amide bonds. The van der Waals surface area contributed by atoms with E-state index in [0.29, 0.717) is 6.54 Å². The first-order valence-electron chi connectivity index (χ1n) is 5.95. The summed E-state index contributed by atoms with van der Waals surface area (Å²) < 4.78 is 5.66. The molecule has 3 atom stereocenters. The van der Waals surface area contributed by atoms with Gasteiger partial charge in [0.05, 0.1) is 18.8 Å². The zero-order chi connectivity index (χ0) is 12.4. The lowest BCUT2D eigenvalue weighted by molar-refractivity contribution is -0.146. The average molecular weight is 242 g/mol. The van der Waals surface area contributed by atoms with Crippen LogP contribution in [0.3, 0.4) is 0 Å². The lowest BCUT2D eigenvalue weighted by Gasteiger charge is -2.34. The van der Waals surface area contributed by atoms with E-state index >= 15 is 0 Å². The van der Waals surface area contributed by atoms with Gasteiger partial charge in [-0.25, -0.2) is 0 Å². The van der Waals surface area contributed by atoms with Crippen LogP contribution in [0.1, 0.15) is 19.8 Å². The second-order valence-electron chi connectivity index (χ2n) is 4.73. The Morgan fingerprint density at radius 1 is 1.59 bits per heavy atom. The molecule has 0 aromatic rings. The molecule has 0 radical (unpaired) electrons. The largest absolute Gasteiger partial charge is 0.480 e. The van der Waals surface area contributed by atoms with Crippen LogP contribution in [0.5, 0.6) is 0 Å². The van der Waals surface area contributed by atoms with Crippen LogP contribution in [-0.2, 0) is 14.3 Å². The van der Waals surface area contributed by atoms with Crippen molar-refractivity contribution in [1.82, 2.24) is 10.2 Å². The second kappa shape index (κ2) is 5.01. The van der Waals surface area contributed by atoms with E-state index < -0.39 is 12.0 Å². The van der Waals surface area contributed by atoms with Crippen LogP contribution >= 0.6 is 0 Å². The molecule has 0 bridgehead atoms. The highest BCUT2D eigenvalue weighted by Crippen LogP contribution is 2.21. The Kier molecular flexibility index (Phi) is 3.63. The first kappa shape index (κ1) is 12.3. The van der Waals surface area contributed by atoms with Gasteiger partial charge < -0.3 is 15.2 Å². The van der Waals surface area contributed by atoms with Gasteiger partial charge in [0.25, 0.3) is 0 Å². The highest BCUT2D eigenvalue weighted by Gasteiger charge is 2.34. The molecular weight excluding hydrogens is 224 g/mol. The van der Waals surface area contributed by atoms with Gasteiger partial charge in [0.15, 0.2) is 0 Å². The smallest absolute Gasteiger partial charge is 0.322 e. The molecule has 0 aliphatic carbocycles. The van der Waals surface area contributed by atoms with E-state index in [1.165, 1.54) is 0 Å². The van der Waals surface area contributed by atoms with E-state index in [2.05, 4.69) is 5.32 Å². The monoisotopic (exact) mass is 242 g/mol. The molecule has 2 rings (SSSR count). The maximum atomic E-state index is 11.3. The normalized spacial score (nSPS) is 34.6. The number of rotatable bonds is 3. The van der Waals surface area contributed by atoms with Crippen LogP contribution in [0.4, 0.5) is 0 Å². The quantitative estimate of drug-likeness (QED) is 0.693. The third-order valence-electron chi connectivity index (χ3n) is 3.32. The summed E-state index contributed by atoms with van der Waals surface area (Å²) in [5, 5.41) is 11.7. The Labute approximate surface area is 99.9 Å². The molecule has 2 heterocycles. The number of amides is 1. The van der Waals surface area contributed by atoms with Crippen molar-refractivity contribution >= 4 is 11.9 Å². The molecule has 2 fully saturated rings. The van der Waals surface area contributed by atoms with Gasteiger partial charge in [-0.05, 0) is 19.8 Å². The summed E-state index contributed by atoms with van der Waals surface area (Å²) in [6.45, 7) is 2.86. The van der Waals surface area contributed by atoms with Crippen LogP contribution < -0.4 is 5.32 Å². The number of nitrogens with one attached hydrogen (secondary N) is 1. The minimum Gasteiger partial charge on any atom is -0.480 e. The van der Waals surface area contributed by atoms with E-state index in [1.54, 1.807) is 4.90 Å². The summed E-state index contributed by atoms with van der Waals surface area (Å²) in [4.78, 5) is 24.1. The van der Waals surface area contributed by atoms with Crippen molar-refractivity contribution in [1.29, 1.82) is 0 Å². The van der Waals surface area contributed by atoms with Crippen molar-refractivity contribution in [3.63, 3.8) is 0 Å². The van der Waals surface area contributed by atoms with E-state index in [1.807, 2.05) is 6.92 Å². The maximum Gasteiger partial charge on any atom is 0.322 e. The summed E-state index contributed by atoms with van der Waals surface area (Å²) in [7, 11) is 0. The number of carboxylic acids is 1. The third-order valence-corrected chi connectivity index (χ3v) is 3.32.